The maximum absolute atomic E-state index is 12.9. The van der Waals surface area contributed by atoms with Crippen LogP contribution in [0, 0.1) is 17.8 Å². The highest BCUT2D eigenvalue weighted by molar-refractivity contribution is 6.09. The Morgan fingerprint density at radius 3 is 2.12 bits per heavy atom. The molecule has 5 nitrogen and oxygen atoms in total. The number of rotatable bonds is 7. The Bertz CT molecular complexity index is 1060. The van der Waals surface area contributed by atoms with E-state index in [2.05, 4.69) is 6.07 Å². The normalized spacial score (nSPS) is 27.7. The van der Waals surface area contributed by atoms with Crippen LogP contribution in [0.15, 0.2) is 36.4 Å². The minimum Gasteiger partial charge on any atom is -0.507 e. The highest BCUT2D eigenvalue weighted by Crippen LogP contribution is 2.62. The molecule has 4 bridgehead atoms. The molecule has 4 aliphatic rings. The molecule has 2 aromatic carbocycles. The summed E-state index contributed by atoms with van der Waals surface area (Å²) in [4.78, 5) is 12.9. The fraction of sp³-hybridized carbons (Fsp3) is 0.464. The van der Waals surface area contributed by atoms with Gasteiger partial charge in [0.15, 0.2) is 5.78 Å². The van der Waals surface area contributed by atoms with Gasteiger partial charge in [-0.15, -0.1) is 0 Å². The van der Waals surface area contributed by atoms with Crippen molar-refractivity contribution in [3.8, 4) is 23.0 Å². The minimum atomic E-state index is -0.291. The van der Waals surface area contributed by atoms with E-state index in [9.17, 15) is 9.90 Å². The van der Waals surface area contributed by atoms with Crippen LogP contribution in [0.4, 0.5) is 0 Å². The lowest BCUT2D eigenvalue weighted by Crippen LogP contribution is -2.48. The van der Waals surface area contributed by atoms with Gasteiger partial charge in [0.1, 0.15) is 23.0 Å². The number of phenols is 1. The summed E-state index contributed by atoms with van der Waals surface area (Å²) in [7, 11) is 4.89. The van der Waals surface area contributed by atoms with Gasteiger partial charge in [-0.3, -0.25) is 4.79 Å². The first kappa shape index (κ1) is 21.9. The molecule has 2 aromatic rings. The summed E-state index contributed by atoms with van der Waals surface area (Å²) in [5, 5.41) is 10.2. The van der Waals surface area contributed by atoms with E-state index in [4.69, 9.17) is 14.2 Å². The topological polar surface area (TPSA) is 65.0 Å². The van der Waals surface area contributed by atoms with Gasteiger partial charge < -0.3 is 19.3 Å². The molecule has 4 aliphatic carbocycles. The van der Waals surface area contributed by atoms with E-state index < -0.39 is 0 Å². The first-order valence-electron chi connectivity index (χ1n) is 11.8. The fourth-order valence-electron chi connectivity index (χ4n) is 7.00. The molecule has 0 amide bonds. The highest BCUT2D eigenvalue weighted by Gasteiger charge is 2.52. The number of phenolic OH excluding ortho intramolecular Hbond substituents is 1. The van der Waals surface area contributed by atoms with E-state index in [1.54, 1.807) is 32.4 Å². The average molecular weight is 449 g/mol. The number of hydrogen-bond acceptors (Lipinski definition) is 5. The number of ether oxygens (including phenoxy) is 3. The summed E-state index contributed by atoms with van der Waals surface area (Å²) >= 11 is 0. The number of hydrogen-bond donors (Lipinski definition) is 1. The van der Waals surface area contributed by atoms with E-state index in [0.29, 0.717) is 11.5 Å². The smallest absolute Gasteiger partial charge is 0.189 e. The average Bonchev–Trinajstić information content (AvgIpc) is 2.81. The maximum Gasteiger partial charge on any atom is 0.189 e. The van der Waals surface area contributed by atoms with Crippen molar-refractivity contribution in [1.82, 2.24) is 0 Å². The molecule has 0 unspecified atom stereocenters. The Balaban J connectivity index is 1.51. The zero-order valence-corrected chi connectivity index (χ0v) is 19.6. The molecule has 6 rings (SSSR count). The van der Waals surface area contributed by atoms with Gasteiger partial charge in [-0.2, -0.15) is 0 Å². The quantitative estimate of drug-likeness (QED) is 0.430. The van der Waals surface area contributed by atoms with Gasteiger partial charge in [0, 0.05) is 17.2 Å². The second-order valence-corrected chi connectivity index (χ2v) is 10.1. The molecule has 4 saturated carbocycles. The van der Waals surface area contributed by atoms with E-state index >= 15 is 0 Å². The predicted molar refractivity (Wildman–Crippen MR) is 127 cm³/mol. The molecule has 1 N–H and O–H groups in total. The number of methoxy groups -OCH3 is 3. The number of ketones is 1. The minimum absolute atomic E-state index is 0.0681. The second-order valence-electron chi connectivity index (χ2n) is 10.1. The van der Waals surface area contributed by atoms with Gasteiger partial charge in [-0.05, 0) is 98.1 Å². The van der Waals surface area contributed by atoms with Crippen molar-refractivity contribution >= 4 is 11.9 Å². The van der Waals surface area contributed by atoms with Crippen molar-refractivity contribution in [2.24, 2.45) is 17.8 Å². The van der Waals surface area contributed by atoms with Crippen molar-refractivity contribution in [2.45, 2.75) is 43.9 Å². The Hall–Kier alpha value is -2.95. The van der Waals surface area contributed by atoms with Crippen LogP contribution < -0.4 is 14.2 Å². The van der Waals surface area contributed by atoms with Crippen LogP contribution in [0.1, 0.15) is 60.0 Å². The van der Waals surface area contributed by atoms with Gasteiger partial charge in [0.25, 0.3) is 0 Å². The maximum atomic E-state index is 12.9. The third-order valence-corrected chi connectivity index (χ3v) is 8.04. The largest absolute Gasteiger partial charge is 0.507 e. The third kappa shape index (κ3) is 3.88. The van der Waals surface area contributed by atoms with Crippen molar-refractivity contribution < 1.29 is 24.1 Å². The third-order valence-electron chi connectivity index (χ3n) is 8.04. The van der Waals surface area contributed by atoms with Gasteiger partial charge in [-0.25, -0.2) is 0 Å². The molecule has 4 fully saturated rings. The molecule has 0 heterocycles. The predicted octanol–water partition coefficient (Wildman–Crippen LogP) is 5.78. The molecule has 174 valence electrons. The molecule has 0 aromatic heterocycles. The lowest BCUT2D eigenvalue weighted by molar-refractivity contribution is -0.00618. The molecule has 0 radical (unpaired) electrons. The molecular weight excluding hydrogens is 416 g/mol. The van der Waals surface area contributed by atoms with E-state index in [1.807, 2.05) is 6.07 Å². The van der Waals surface area contributed by atoms with Crippen LogP contribution in [-0.4, -0.2) is 32.2 Å². The van der Waals surface area contributed by atoms with Crippen molar-refractivity contribution in [2.75, 3.05) is 21.3 Å². The number of carbonyl (C=O) groups excluding carboxylic acids is 1. The Labute approximate surface area is 195 Å². The second kappa shape index (κ2) is 8.44. The summed E-state index contributed by atoms with van der Waals surface area (Å²) in [5.41, 5.74) is 2.46. The number of benzene rings is 2. The van der Waals surface area contributed by atoms with Crippen molar-refractivity contribution in [1.29, 1.82) is 0 Å². The fourth-order valence-corrected chi connectivity index (χ4v) is 7.00. The molecular formula is C28H32O5. The first-order chi connectivity index (χ1) is 15.9. The van der Waals surface area contributed by atoms with Crippen molar-refractivity contribution in [3.05, 3.63) is 53.1 Å². The summed E-state index contributed by atoms with van der Waals surface area (Å²) in [6, 6.07) is 8.77. The SMILES string of the molecule is COc1ccc(O)c(C(=O)/C=C/c2cc(C34CC5CC(CC(C5)C3)C4)c(OC)cc2OC)c1. The van der Waals surface area contributed by atoms with Crippen LogP contribution in [-0.2, 0) is 5.41 Å². The standard InChI is InChI=1S/C28H32O5/c1-31-21-5-7-25(30)22(12-21)24(29)6-4-20-11-23(27(33-3)13-26(20)32-2)28-14-17-8-18(15-28)10-19(9-17)16-28/h4-7,11-13,17-19,30H,8-10,14-16H2,1-3H3/b6-4+. The Morgan fingerprint density at radius 2 is 1.55 bits per heavy atom. The lowest BCUT2D eigenvalue weighted by Gasteiger charge is -2.57. The first-order valence-corrected chi connectivity index (χ1v) is 11.8. The molecule has 0 saturated heterocycles. The Morgan fingerprint density at radius 1 is 0.909 bits per heavy atom. The van der Waals surface area contributed by atoms with Gasteiger partial charge >= 0.3 is 0 Å². The summed E-state index contributed by atoms with van der Waals surface area (Å²) < 4.78 is 16.7. The van der Waals surface area contributed by atoms with E-state index in [-0.39, 0.29) is 22.5 Å². The molecule has 0 aliphatic heterocycles. The highest BCUT2D eigenvalue weighted by atomic mass is 16.5. The van der Waals surface area contributed by atoms with Gasteiger partial charge in [-0.1, -0.05) is 0 Å². The Kier molecular flexibility index (Phi) is 5.59. The lowest BCUT2D eigenvalue weighted by atomic mass is 9.48. The molecule has 33 heavy (non-hydrogen) atoms. The number of carbonyl (C=O) groups is 1. The van der Waals surface area contributed by atoms with Crippen LogP contribution in [0.3, 0.4) is 0 Å². The van der Waals surface area contributed by atoms with Crippen LogP contribution in [0.25, 0.3) is 6.08 Å². The zero-order valence-electron chi connectivity index (χ0n) is 19.6. The summed E-state index contributed by atoms with van der Waals surface area (Å²) in [6.07, 6.45) is 11.1. The number of allylic oxidation sites excluding steroid dienone is 1. The summed E-state index contributed by atoms with van der Waals surface area (Å²) in [6.45, 7) is 0. The van der Waals surface area contributed by atoms with Gasteiger partial charge in [0.2, 0.25) is 0 Å². The van der Waals surface area contributed by atoms with E-state index in [0.717, 1.165) is 29.1 Å². The zero-order chi connectivity index (χ0) is 23.2. The molecule has 5 heteroatoms. The van der Waals surface area contributed by atoms with Crippen molar-refractivity contribution in [3.63, 3.8) is 0 Å². The monoisotopic (exact) mass is 448 g/mol. The summed E-state index contributed by atoms with van der Waals surface area (Å²) in [5.74, 6) is 4.17. The van der Waals surface area contributed by atoms with Crippen LogP contribution in [0.5, 0.6) is 23.0 Å². The van der Waals surface area contributed by atoms with Crippen LogP contribution >= 0.6 is 0 Å². The number of aromatic hydroxyl groups is 1. The van der Waals surface area contributed by atoms with Gasteiger partial charge in [0.05, 0.1) is 26.9 Å². The molecule has 0 spiro atoms. The van der Waals surface area contributed by atoms with Crippen LogP contribution in [0.2, 0.25) is 0 Å². The van der Waals surface area contributed by atoms with E-state index in [1.165, 1.54) is 63.3 Å². The molecule has 0 atom stereocenters.